The monoisotopic (exact) mass is 718 g/mol. The highest BCUT2D eigenvalue weighted by molar-refractivity contribution is 9.11. The Balaban J connectivity index is 1.72. The predicted molar refractivity (Wildman–Crippen MR) is 167 cm³/mol. The number of thiazole rings is 1. The lowest BCUT2D eigenvalue weighted by Crippen LogP contribution is -2.40. The minimum Gasteiger partial charge on any atom is -0.496 e. The van der Waals surface area contributed by atoms with Crippen molar-refractivity contribution in [1.82, 2.24) is 4.57 Å². The molecule has 2 aromatic carbocycles. The maximum atomic E-state index is 14.0. The highest BCUT2D eigenvalue weighted by Crippen LogP contribution is 2.38. The number of esters is 1. The van der Waals surface area contributed by atoms with Crippen molar-refractivity contribution in [3.63, 3.8) is 0 Å². The lowest BCUT2D eigenvalue weighted by atomic mass is 9.93. The zero-order valence-corrected chi connectivity index (χ0v) is 27.1. The van der Waals surface area contributed by atoms with Gasteiger partial charge in [-0.1, -0.05) is 68.1 Å². The van der Waals surface area contributed by atoms with Gasteiger partial charge >= 0.3 is 5.97 Å². The molecule has 1 aliphatic heterocycles. The van der Waals surface area contributed by atoms with E-state index in [1.165, 1.54) is 23.0 Å². The maximum absolute atomic E-state index is 14.0. The van der Waals surface area contributed by atoms with Crippen LogP contribution in [0.5, 0.6) is 5.75 Å². The van der Waals surface area contributed by atoms with Gasteiger partial charge in [0, 0.05) is 31.2 Å². The summed E-state index contributed by atoms with van der Waals surface area (Å²) in [6.07, 6.45) is 2.97. The number of halogens is 3. The molecular weight excluding hydrogens is 696 g/mol. The fourth-order valence-corrected chi connectivity index (χ4v) is 6.71. The number of nitrogens with zero attached hydrogens (tertiary/aromatic N) is 2. The SMILES string of the molecule is CCCC1=C(C(=O)OCC)[C@@H](c2cc(Cl)ccc2OC)n2c(s/c(=C\c3ccc(-c4cc(Br)ccc4Br)o3)c2=O)=N1. The second-order valence-corrected chi connectivity index (χ2v) is 12.3. The Kier molecular flexibility index (Phi) is 9.03. The van der Waals surface area contributed by atoms with E-state index < -0.39 is 12.0 Å². The maximum Gasteiger partial charge on any atom is 0.338 e. The molecule has 0 unspecified atom stereocenters. The van der Waals surface area contributed by atoms with Crippen molar-refractivity contribution in [2.45, 2.75) is 32.7 Å². The first kappa shape index (κ1) is 29.6. The van der Waals surface area contributed by atoms with Crippen molar-refractivity contribution < 1.29 is 18.7 Å². The van der Waals surface area contributed by atoms with E-state index in [9.17, 15) is 9.59 Å². The molecule has 0 saturated heterocycles. The Labute approximate surface area is 262 Å². The molecule has 212 valence electrons. The van der Waals surface area contributed by atoms with Crippen molar-refractivity contribution in [1.29, 1.82) is 0 Å². The summed E-state index contributed by atoms with van der Waals surface area (Å²) in [5.74, 6) is 1.11. The minimum atomic E-state index is -0.840. The number of hydrogen-bond donors (Lipinski definition) is 0. The van der Waals surface area contributed by atoms with Crippen molar-refractivity contribution in [3.8, 4) is 17.1 Å². The Bertz CT molecular complexity index is 1860. The molecule has 4 aromatic rings. The molecule has 7 nitrogen and oxygen atoms in total. The summed E-state index contributed by atoms with van der Waals surface area (Å²) in [5, 5.41) is 0.446. The number of fused-ring (bicyclic) bond motifs is 1. The molecule has 0 N–H and O–H groups in total. The first-order valence-electron chi connectivity index (χ1n) is 12.9. The van der Waals surface area contributed by atoms with Crippen molar-refractivity contribution >= 4 is 66.8 Å². The van der Waals surface area contributed by atoms with E-state index in [-0.39, 0.29) is 12.2 Å². The van der Waals surface area contributed by atoms with E-state index in [1.807, 2.05) is 37.3 Å². The average Bonchev–Trinajstić information content (AvgIpc) is 3.53. The fourth-order valence-electron chi connectivity index (χ4n) is 4.72. The standard InChI is InChI=1S/C30H25Br2ClN2O5S/c1-4-6-22-26(29(37)39-5-2)27(20-14-17(33)8-11-23(20)38-3)35-28(36)25(41-30(35)34-22)15-18-9-12-24(40-18)19-13-16(31)7-10-21(19)32/h7-15,27H,4-6H2,1-3H3/b25-15-/t27-/m1/s1. The van der Waals surface area contributed by atoms with E-state index in [1.54, 1.807) is 31.2 Å². The van der Waals surface area contributed by atoms with Crippen LogP contribution in [0.25, 0.3) is 17.4 Å². The summed E-state index contributed by atoms with van der Waals surface area (Å²) in [4.78, 5) is 32.7. The van der Waals surface area contributed by atoms with Gasteiger partial charge in [0.1, 0.15) is 23.3 Å². The Morgan fingerprint density at radius 1 is 1.17 bits per heavy atom. The molecule has 0 spiro atoms. The van der Waals surface area contributed by atoms with Crippen LogP contribution in [0.1, 0.15) is 44.1 Å². The first-order valence-corrected chi connectivity index (χ1v) is 15.6. The van der Waals surface area contributed by atoms with Crippen molar-refractivity contribution in [2.75, 3.05) is 13.7 Å². The predicted octanol–water partition coefficient (Wildman–Crippen LogP) is 7.03. The van der Waals surface area contributed by atoms with E-state index in [4.69, 9.17) is 30.5 Å². The van der Waals surface area contributed by atoms with Gasteiger partial charge < -0.3 is 13.9 Å². The molecule has 0 aliphatic carbocycles. The second-order valence-electron chi connectivity index (χ2n) is 9.13. The third kappa shape index (κ3) is 5.88. The molecule has 1 aliphatic rings. The third-order valence-corrected chi connectivity index (χ3v) is 8.88. The minimum absolute atomic E-state index is 0.181. The van der Waals surface area contributed by atoms with Crippen LogP contribution in [0, 0.1) is 0 Å². The Hall–Kier alpha value is -2.92. The van der Waals surface area contributed by atoms with E-state index >= 15 is 0 Å². The lowest BCUT2D eigenvalue weighted by Gasteiger charge is -2.27. The molecule has 0 amide bonds. The molecule has 0 saturated carbocycles. The molecule has 0 fully saturated rings. The summed E-state index contributed by atoms with van der Waals surface area (Å²) in [6, 6.07) is 13.8. The summed E-state index contributed by atoms with van der Waals surface area (Å²) in [7, 11) is 1.54. The summed E-state index contributed by atoms with van der Waals surface area (Å²) in [6.45, 7) is 3.93. The number of furan rings is 1. The molecule has 1 atom stereocenters. The number of rotatable bonds is 8. The van der Waals surface area contributed by atoms with Crippen LogP contribution < -0.4 is 19.6 Å². The van der Waals surface area contributed by atoms with Gasteiger partial charge in [0.15, 0.2) is 4.80 Å². The van der Waals surface area contributed by atoms with Gasteiger partial charge in [-0.25, -0.2) is 9.79 Å². The van der Waals surface area contributed by atoms with Crippen LogP contribution in [0.3, 0.4) is 0 Å². The Morgan fingerprint density at radius 2 is 1.98 bits per heavy atom. The number of hydrogen-bond acceptors (Lipinski definition) is 7. The molecule has 2 aromatic heterocycles. The van der Waals surface area contributed by atoms with Crippen molar-refractivity contribution in [3.05, 3.63) is 105 Å². The quantitative estimate of drug-likeness (QED) is 0.183. The van der Waals surface area contributed by atoms with Crippen LogP contribution in [0.2, 0.25) is 5.02 Å². The van der Waals surface area contributed by atoms with Gasteiger partial charge in [0.2, 0.25) is 0 Å². The van der Waals surface area contributed by atoms with E-state index in [0.717, 1.165) is 20.9 Å². The van der Waals surface area contributed by atoms with Crippen LogP contribution in [-0.4, -0.2) is 24.3 Å². The second kappa shape index (κ2) is 12.5. The number of carbonyl (C=O) groups is 1. The number of ether oxygens (including phenoxy) is 2. The summed E-state index contributed by atoms with van der Waals surface area (Å²) < 4.78 is 20.9. The summed E-state index contributed by atoms with van der Waals surface area (Å²) in [5.41, 5.74) is 1.99. The molecule has 5 rings (SSSR count). The fraction of sp³-hybridized carbons (Fsp3) is 0.233. The Morgan fingerprint density at radius 3 is 2.71 bits per heavy atom. The van der Waals surface area contributed by atoms with E-state index in [2.05, 4.69) is 31.9 Å². The molecule has 0 radical (unpaired) electrons. The zero-order valence-electron chi connectivity index (χ0n) is 22.4. The number of aromatic nitrogens is 1. The first-order chi connectivity index (χ1) is 19.7. The van der Waals surface area contributed by atoms with Crippen LogP contribution in [-0.2, 0) is 9.53 Å². The summed E-state index contributed by atoms with van der Waals surface area (Å²) >= 11 is 14.7. The number of benzene rings is 2. The van der Waals surface area contributed by atoms with Crippen LogP contribution in [0.4, 0.5) is 0 Å². The van der Waals surface area contributed by atoms with Crippen molar-refractivity contribution in [2.24, 2.45) is 4.99 Å². The molecule has 0 bridgehead atoms. The highest BCUT2D eigenvalue weighted by Gasteiger charge is 2.36. The highest BCUT2D eigenvalue weighted by atomic mass is 79.9. The number of allylic oxidation sites excluding steroid dienone is 1. The largest absolute Gasteiger partial charge is 0.496 e. The van der Waals surface area contributed by atoms with Crippen LogP contribution in [0.15, 0.2) is 83.0 Å². The van der Waals surface area contributed by atoms with Gasteiger partial charge in [-0.15, -0.1) is 0 Å². The lowest BCUT2D eigenvalue weighted by molar-refractivity contribution is -0.139. The van der Waals surface area contributed by atoms with Gasteiger partial charge in [-0.3, -0.25) is 9.36 Å². The number of carbonyl (C=O) groups excluding carboxylic acids is 1. The molecule has 3 heterocycles. The van der Waals surface area contributed by atoms with E-state index in [0.29, 0.717) is 54.9 Å². The molecular formula is C30H25Br2ClN2O5S. The third-order valence-electron chi connectivity index (χ3n) is 6.47. The average molecular weight is 721 g/mol. The van der Waals surface area contributed by atoms with Gasteiger partial charge in [-0.2, -0.15) is 0 Å². The molecule has 11 heteroatoms. The number of methoxy groups -OCH3 is 1. The molecule has 41 heavy (non-hydrogen) atoms. The van der Waals surface area contributed by atoms with Gasteiger partial charge in [0.25, 0.3) is 5.56 Å². The van der Waals surface area contributed by atoms with Crippen LogP contribution >= 0.6 is 54.8 Å². The smallest absolute Gasteiger partial charge is 0.338 e. The zero-order chi connectivity index (χ0) is 29.3. The van der Waals surface area contributed by atoms with Gasteiger partial charge in [0.05, 0.1) is 29.5 Å². The topological polar surface area (TPSA) is 83.0 Å². The normalized spacial score (nSPS) is 15.1. The van der Waals surface area contributed by atoms with Gasteiger partial charge in [-0.05, 0) is 61.9 Å².